The molecule has 17 heavy (non-hydrogen) atoms. The molecule has 0 radical (unpaired) electrons. The molecule has 1 aliphatic carbocycles. The minimum absolute atomic E-state index is 0.151. The van der Waals surface area contributed by atoms with E-state index in [4.69, 9.17) is 4.74 Å². The fourth-order valence-electron chi connectivity index (χ4n) is 2.74. The maximum Gasteiger partial charge on any atom is 0.223 e. The average molecular weight is 240 g/mol. The van der Waals surface area contributed by atoms with E-state index >= 15 is 0 Å². The fraction of sp³-hybridized carbons (Fsp3) is 0.923. The van der Waals surface area contributed by atoms with Crippen molar-refractivity contribution in [2.75, 3.05) is 20.2 Å². The minimum Gasteiger partial charge on any atom is -0.378 e. The molecular formula is C13H24N2O2. The van der Waals surface area contributed by atoms with Crippen molar-refractivity contribution in [3.05, 3.63) is 0 Å². The number of methoxy groups -OCH3 is 1. The molecule has 4 heteroatoms. The van der Waals surface area contributed by atoms with Gasteiger partial charge in [-0.3, -0.25) is 4.79 Å². The van der Waals surface area contributed by atoms with Gasteiger partial charge in [0.25, 0.3) is 0 Å². The van der Waals surface area contributed by atoms with Gasteiger partial charge in [-0.1, -0.05) is 6.42 Å². The average Bonchev–Trinajstić information content (AvgIpc) is 2.52. The third-order valence-electron chi connectivity index (χ3n) is 4.09. The molecule has 1 aliphatic heterocycles. The molecule has 1 atom stereocenters. The Balaban J connectivity index is 1.76. The molecule has 2 fully saturated rings. The van der Waals surface area contributed by atoms with Gasteiger partial charge in [0.1, 0.15) is 0 Å². The van der Waals surface area contributed by atoms with E-state index in [1.807, 2.05) is 0 Å². The highest BCUT2D eigenvalue weighted by Gasteiger charge is 2.39. The Morgan fingerprint density at radius 3 is 2.88 bits per heavy atom. The molecule has 1 amide bonds. The van der Waals surface area contributed by atoms with E-state index in [1.54, 1.807) is 7.11 Å². The van der Waals surface area contributed by atoms with Crippen LogP contribution in [0.1, 0.15) is 44.9 Å². The van der Waals surface area contributed by atoms with Crippen LogP contribution in [0.25, 0.3) is 0 Å². The van der Waals surface area contributed by atoms with Crippen molar-refractivity contribution in [1.29, 1.82) is 0 Å². The zero-order valence-electron chi connectivity index (χ0n) is 10.8. The van der Waals surface area contributed by atoms with Crippen LogP contribution in [0.3, 0.4) is 0 Å². The van der Waals surface area contributed by atoms with Gasteiger partial charge in [0.2, 0.25) is 5.91 Å². The smallest absolute Gasteiger partial charge is 0.223 e. The summed E-state index contributed by atoms with van der Waals surface area (Å²) in [4.78, 5) is 12.0. The van der Waals surface area contributed by atoms with E-state index in [0.29, 0.717) is 12.5 Å². The summed E-state index contributed by atoms with van der Waals surface area (Å²) in [5.74, 6) is 0.153. The molecule has 2 aliphatic rings. The summed E-state index contributed by atoms with van der Waals surface area (Å²) in [6.45, 7) is 1.99. The van der Waals surface area contributed by atoms with E-state index in [1.165, 1.54) is 19.3 Å². The van der Waals surface area contributed by atoms with E-state index < -0.39 is 0 Å². The second-order valence-corrected chi connectivity index (χ2v) is 5.38. The van der Waals surface area contributed by atoms with Gasteiger partial charge in [-0.2, -0.15) is 0 Å². The van der Waals surface area contributed by atoms with Gasteiger partial charge in [-0.25, -0.2) is 0 Å². The van der Waals surface area contributed by atoms with Crippen molar-refractivity contribution < 1.29 is 9.53 Å². The number of ether oxygens (including phenoxy) is 1. The molecule has 1 saturated carbocycles. The number of carbonyl (C=O) groups excluding carboxylic acids is 1. The molecule has 98 valence electrons. The van der Waals surface area contributed by atoms with Crippen LogP contribution in [-0.2, 0) is 9.53 Å². The molecule has 1 unspecified atom stereocenters. The lowest BCUT2D eigenvalue weighted by molar-refractivity contribution is -0.134. The molecule has 0 aromatic rings. The summed E-state index contributed by atoms with van der Waals surface area (Å²) >= 11 is 0. The van der Waals surface area contributed by atoms with Gasteiger partial charge in [-0.15, -0.1) is 0 Å². The molecule has 2 rings (SSSR count). The molecule has 1 heterocycles. The first-order valence-electron chi connectivity index (χ1n) is 6.79. The zero-order valence-corrected chi connectivity index (χ0v) is 10.8. The predicted octanol–water partition coefficient (Wildman–Crippen LogP) is 1.20. The highest BCUT2D eigenvalue weighted by molar-refractivity contribution is 5.77. The Labute approximate surface area is 103 Å². The van der Waals surface area contributed by atoms with Gasteiger partial charge < -0.3 is 15.4 Å². The highest BCUT2D eigenvalue weighted by Crippen LogP contribution is 2.37. The number of rotatable bonds is 4. The zero-order chi connectivity index (χ0) is 12.1. The Morgan fingerprint density at radius 2 is 2.24 bits per heavy atom. The summed E-state index contributed by atoms with van der Waals surface area (Å²) in [6, 6.07) is 0.305. The SMILES string of the molecule is COC1(CC(=O)NC2CCCCNC2)CCC1. The van der Waals surface area contributed by atoms with Crippen LogP contribution in [0, 0.1) is 0 Å². The van der Waals surface area contributed by atoms with Crippen molar-refractivity contribution in [2.24, 2.45) is 0 Å². The largest absolute Gasteiger partial charge is 0.378 e. The monoisotopic (exact) mass is 240 g/mol. The van der Waals surface area contributed by atoms with Gasteiger partial charge in [0, 0.05) is 19.7 Å². The van der Waals surface area contributed by atoms with E-state index in [-0.39, 0.29) is 11.5 Å². The number of carbonyl (C=O) groups is 1. The first-order chi connectivity index (χ1) is 8.24. The van der Waals surface area contributed by atoms with Crippen LogP contribution in [0.2, 0.25) is 0 Å². The van der Waals surface area contributed by atoms with Crippen molar-refractivity contribution in [3.8, 4) is 0 Å². The minimum atomic E-state index is -0.151. The van der Waals surface area contributed by atoms with Crippen LogP contribution in [0.5, 0.6) is 0 Å². The lowest BCUT2D eigenvalue weighted by atomic mass is 9.77. The van der Waals surface area contributed by atoms with Crippen LogP contribution >= 0.6 is 0 Å². The van der Waals surface area contributed by atoms with Crippen LogP contribution in [0.4, 0.5) is 0 Å². The molecule has 4 nitrogen and oxygen atoms in total. The van der Waals surface area contributed by atoms with Gasteiger partial charge >= 0.3 is 0 Å². The lowest BCUT2D eigenvalue weighted by Crippen LogP contribution is -2.47. The standard InChI is InChI=1S/C13H24N2O2/c1-17-13(6-4-7-13)9-12(16)15-11-5-2-3-8-14-10-11/h11,14H,2-10H2,1H3,(H,15,16). The van der Waals surface area contributed by atoms with Crippen molar-refractivity contribution in [2.45, 2.75) is 56.6 Å². The molecule has 0 spiro atoms. The van der Waals surface area contributed by atoms with E-state index in [9.17, 15) is 4.79 Å². The Bertz CT molecular complexity index is 251. The Hall–Kier alpha value is -0.610. The number of nitrogens with one attached hydrogen (secondary N) is 2. The maximum absolute atomic E-state index is 12.0. The second kappa shape index (κ2) is 5.83. The number of hydrogen-bond acceptors (Lipinski definition) is 3. The van der Waals surface area contributed by atoms with Crippen molar-refractivity contribution in [1.82, 2.24) is 10.6 Å². The predicted molar refractivity (Wildman–Crippen MR) is 66.9 cm³/mol. The summed E-state index contributed by atoms with van der Waals surface area (Å²) < 4.78 is 5.48. The van der Waals surface area contributed by atoms with Crippen LogP contribution in [0.15, 0.2) is 0 Å². The molecule has 0 bridgehead atoms. The first kappa shape index (κ1) is 12.8. The lowest BCUT2D eigenvalue weighted by Gasteiger charge is -2.40. The van der Waals surface area contributed by atoms with Gasteiger partial charge in [0.05, 0.1) is 12.0 Å². The Morgan fingerprint density at radius 1 is 1.41 bits per heavy atom. The van der Waals surface area contributed by atoms with Crippen molar-refractivity contribution in [3.63, 3.8) is 0 Å². The maximum atomic E-state index is 12.0. The molecular weight excluding hydrogens is 216 g/mol. The topological polar surface area (TPSA) is 50.4 Å². The number of hydrogen-bond donors (Lipinski definition) is 2. The summed E-state index contributed by atoms with van der Waals surface area (Å²) in [6.07, 6.45) is 7.28. The molecule has 1 saturated heterocycles. The normalized spacial score (nSPS) is 27.9. The summed E-state index contributed by atoms with van der Waals surface area (Å²) in [5.41, 5.74) is -0.151. The van der Waals surface area contributed by atoms with E-state index in [2.05, 4.69) is 10.6 Å². The first-order valence-corrected chi connectivity index (χ1v) is 6.79. The van der Waals surface area contributed by atoms with E-state index in [0.717, 1.165) is 32.4 Å². The number of amides is 1. The molecule has 0 aromatic carbocycles. The summed E-state index contributed by atoms with van der Waals surface area (Å²) in [5, 5.41) is 6.50. The van der Waals surface area contributed by atoms with Crippen LogP contribution < -0.4 is 10.6 Å². The van der Waals surface area contributed by atoms with Gasteiger partial charge in [0.15, 0.2) is 0 Å². The Kier molecular flexibility index (Phi) is 4.40. The quantitative estimate of drug-likeness (QED) is 0.776. The summed E-state index contributed by atoms with van der Waals surface area (Å²) in [7, 11) is 1.72. The molecule has 0 aromatic heterocycles. The third kappa shape index (κ3) is 3.42. The van der Waals surface area contributed by atoms with Crippen molar-refractivity contribution >= 4 is 5.91 Å². The fourth-order valence-corrected chi connectivity index (χ4v) is 2.74. The van der Waals surface area contributed by atoms with Gasteiger partial charge in [-0.05, 0) is 38.6 Å². The second-order valence-electron chi connectivity index (χ2n) is 5.38. The highest BCUT2D eigenvalue weighted by atomic mass is 16.5. The van der Waals surface area contributed by atoms with Crippen LogP contribution in [-0.4, -0.2) is 37.7 Å². The third-order valence-corrected chi connectivity index (χ3v) is 4.09. The molecule has 2 N–H and O–H groups in total.